The van der Waals surface area contributed by atoms with E-state index in [-0.39, 0.29) is 11.5 Å². The van der Waals surface area contributed by atoms with E-state index in [1.54, 1.807) is 11.8 Å². The van der Waals surface area contributed by atoms with E-state index in [4.69, 9.17) is 0 Å². The van der Waals surface area contributed by atoms with Gasteiger partial charge in [0.2, 0.25) is 0 Å². The number of benzene rings is 3. The van der Waals surface area contributed by atoms with Gasteiger partial charge in [-0.2, -0.15) is 0 Å². The highest BCUT2D eigenvalue weighted by Crippen LogP contribution is 2.51. The first-order chi connectivity index (χ1) is 13.5. The van der Waals surface area contributed by atoms with Crippen LogP contribution in [0.15, 0.2) is 91.0 Å². The van der Waals surface area contributed by atoms with Crippen LogP contribution >= 0.6 is 11.8 Å². The summed E-state index contributed by atoms with van der Waals surface area (Å²) >= 11 is 1.54. The van der Waals surface area contributed by atoms with Gasteiger partial charge in [-0.3, -0.25) is 0 Å². The van der Waals surface area contributed by atoms with Crippen LogP contribution in [0.25, 0.3) is 0 Å². The van der Waals surface area contributed by atoms with Crippen molar-refractivity contribution in [1.82, 2.24) is 0 Å². The SMILES string of the molecule is O=S1(=O)CC(O)C(SC(c2ccccc2)(c2ccccc2)c2ccccc2)C1. The van der Waals surface area contributed by atoms with Gasteiger partial charge < -0.3 is 5.11 Å². The summed E-state index contributed by atoms with van der Waals surface area (Å²) in [6, 6.07) is 30.4. The number of thioether (sulfide) groups is 1. The Morgan fingerprint density at radius 2 is 1.11 bits per heavy atom. The molecule has 1 fully saturated rings. The molecular formula is C23H22O3S2. The van der Waals surface area contributed by atoms with E-state index < -0.39 is 25.9 Å². The van der Waals surface area contributed by atoms with Gasteiger partial charge in [0.1, 0.15) is 0 Å². The molecule has 0 amide bonds. The molecule has 5 heteroatoms. The Balaban J connectivity index is 1.94. The van der Waals surface area contributed by atoms with Gasteiger partial charge >= 0.3 is 0 Å². The maximum absolute atomic E-state index is 12.2. The molecule has 0 saturated carbocycles. The predicted molar refractivity (Wildman–Crippen MR) is 115 cm³/mol. The molecule has 1 aliphatic rings. The Bertz CT molecular complexity index is 923. The number of sulfone groups is 1. The molecule has 0 aromatic heterocycles. The summed E-state index contributed by atoms with van der Waals surface area (Å²) in [5, 5.41) is 10.1. The molecule has 0 aliphatic carbocycles. The lowest BCUT2D eigenvalue weighted by Gasteiger charge is -2.38. The van der Waals surface area contributed by atoms with Gasteiger partial charge in [-0.05, 0) is 16.7 Å². The normalized spacial score (nSPS) is 21.5. The molecule has 28 heavy (non-hydrogen) atoms. The molecular weight excluding hydrogens is 388 g/mol. The number of aliphatic hydroxyl groups excluding tert-OH is 1. The highest BCUT2D eigenvalue weighted by atomic mass is 32.2. The third-order valence-electron chi connectivity index (χ3n) is 5.14. The summed E-state index contributed by atoms with van der Waals surface area (Å²) < 4.78 is 23.7. The Morgan fingerprint density at radius 3 is 1.43 bits per heavy atom. The van der Waals surface area contributed by atoms with Crippen LogP contribution in [0.5, 0.6) is 0 Å². The fraction of sp³-hybridized carbons (Fsp3) is 0.217. The number of rotatable bonds is 5. The zero-order chi connectivity index (χ0) is 19.6. The zero-order valence-electron chi connectivity index (χ0n) is 15.3. The van der Waals surface area contributed by atoms with Gasteiger partial charge in [-0.1, -0.05) is 91.0 Å². The molecule has 3 aromatic rings. The van der Waals surface area contributed by atoms with Gasteiger partial charge in [-0.15, -0.1) is 11.8 Å². The second-order valence-corrected chi connectivity index (χ2v) is 10.7. The molecule has 0 bridgehead atoms. The van der Waals surface area contributed by atoms with Crippen molar-refractivity contribution in [1.29, 1.82) is 0 Å². The lowest BCUT2D eigenvalue weighted by Crippen LogP contribution is -2.32. The van der Waals surface area contributed by atoms with E-state index in [2.05, 4.69) is 36.4 Å². The van der Waals surface area contributed by atoms with Crippen LogP contribution in [-0.2, 0) is 14.6 Å². The molecule has 2 unspecified atom stereocenters. The lowest BCUT2D eigenvalue weighted by atomic mass is 9.84. The van der Waals surface area contributed by atoms with Crippen molar-refractivity contribution < 1.29 is 13.5 Å². The average molecular weight is 411 g/mol. The summed E-state index contributed by atoms with van der Waals surface area (Å²) in [4.78, 5) is 0. The van der Waals surface area contributed by atoms with Crippen LogP contribution < -0.4 is 0 Å². The summed E-state index contributed by atoms with van der Waals surface area (Å²) in [5.41, 5.74) is 3.19. The number of hydrogen-bond acceptors (Lipinski definition) is 4. The van der Waals surface area contributed by atoms with Crippen LogP contribution in [0.1, 0.15) is 16.7 Å². The van der Waals surface area contributed by atoms with Crippen LogP contribution in [0.4, 0.5) is 0 Å². The molecule has 0 spiro atoms. The van der Waals surface area contributed by atoms with Gasteiger partial charge in [0, 0.05) is 5.25 Å². The molecule has 3 nitrogen and oxygen atoms in total. The molecule has 1 heterocycles. The molecule has 2 atom stereocenters. The summed E-state index contributed by atoms with van der Waals surface area (Å²) in [7, 11) is -3.23. The Hall–Kier alpha value is -2.08. The minimum Gasteiger partial charge on any atom is -0.391 e. The van der Waals surface area contributed by atoms with Crippen molar-refractivity contribution in [3.8, 4) is 0 Å². The predicted octanol–water partition coefficient (Wildman–Crippen LogP) is 3.87. The van der Waals surface area contributed by atoms with Crippen molar-refractivity contribution in [2.45, 2.75) is 16.1 Å². The summed E-state index contributed by atoms with van der Waals surface area (Å²) in [6.45, 7) is 0. The maximum Gasteiger partial charge on any atom is 0.154 e. The highest BCUT2D eigenvalue weighted by Gasteiger charge is 2.45. The van der Waals surface area contributed by atoms with Crippen molar-refractivity contribution in [2.24, 2.45) is 0 Å². The lowest BCUT2D eigenvalue weighted by molar-refractivity contribution is 0.207. The molecule has 3 aromatic carbocycles. The zero-order valence-corrected chi connectivity index (χ0v) is 16.9. The standard InChI is InChI=1S/C23H22O3S2/c24-21-16-28(25,26)17-22(21)27-23(18-10-4-1-5-11-18,19-12-6-2-7-13-19)20-14-8-3-9-15-20/h1-15,21-22,24H,16-17H2. The van der Waals surface area contributed by atoms with Gasteiger partial charge in [0.25, 0.3) is 0 Å². The van der Waals surface area contributed by atoms with E-state index in [0.29, 0.717) is 0 Å². The smallest absolute Gasteiger partial charge is 0.154 e. The highest BCUT2D eigenvalue weighted by molar-refractivity contribution is 8.03. The third-order valence-corrected chi connectivity index (χ3v) is 8.91. The van der Waals surface area contributed by atoms with E-state index in [0.717, 1.165) is 16.7 Å². The minimum absolute atomic E-state index is 0.00686. The first kappa shape index (κ1) is 19.2. The average Bonchev–Trinajstić information content (AvgIpc) is 2.99. The van der Waals surface area contributed by atoms with E-state index in [1.165, 1.54) is 0 Å². The second kappa shape index (κ2) is 7.74. The molecule has 1 saturated heterocycles. The first-order valence-electron chi connectivity index (χ1n) is 9.24. The van der Waals surface area contributed by atoms with Crippen molar-refractivity contribution in [3.05, 3.63) is 108 Å². The van der Waals surface area contributed by atoms with Crippen LogP contribution in [0.2, 0.25) is 0 Å². The van der Waals surface area contributed by atoms with Crippen LogP contribution in [0, 0.1) is 0 Å². The largest absolute Gasteiger partial charge is 0.391 e. The second-order valence-electron chi connectivity index (χ2n) is 7.08. The van der Waals surface area contributed by atoms with Crippen molar-refractivity contribution >= 4 is 21.6 Å². The first-order valence-corrected chi connectivity index (χ1v) is 11.9. The summed E-state index contributed by atoms with van der Waals surface area (Å²) in [5.74, 6) is -0.174. The Kier molecular flexibility index (Phi) is 5.32. The van der Waals surface area contributed by atoms with Crippen LogP contribution in [-0.4, -0.2) is 36.4 Å². The fourth-order valence-electron chi connectivity index (χ4n) is 3.86. The monoisotopic (exact) mass is 410 g/mol. The molecule has 144 valence electrons. The van der Waals surface area contributed by atoms with E-state index >= 15 is 0 Å². The van der Waals surface area contributed by atoms with E-state index in [1.807, 2.05) is 54.6 Å². The van der Waals surface area contributed by atoms with E-state index in [9.17, 15) is 13.5 Å². The summed E-state index contributed by atoms with van der Waals surface area (Å²) in [6.07, 6.45) is -0.870. The minimum atomic E-state index is -3.23. The van der Waals surface area contributed by atoms with Crippen molar-refractivity contribution in [3.63, 3.8) is 0 Å². The Labute approximate surface area is 170 Å². The molecule has 0 radical (unpaired) electrons. The van der Waals surface area contributed by atoms with Crippen LogP contribution in [0.3, 0.4) is 0 Å². The van der Waals surface area contributed by atoms with Crippen molar-refractivity contribution in [2.75, 3.05) is 11.5 Å². The molecule has 1 N–H and O–H groups in total. The molecule has 1 aliphatic heterocycles. The number of hydrogen-bond donors (Lipinski definition) is 1. The number of aliphatic hydroxyl groups is 1. The van der Waals surface area contributed by atoms with Gasteiger partial charge in [-0.25, -0.2) is 8.42 Å². The maximum atomic E-state index is 12.2. The van der Waals surface area contributed by atoms with Gasteiger partial charge in [0.05, 0.1) is 22.4 Å². The third kappa shape index (κ3) is 3.62. The molecule has 4 rings (SSSR count). The van der Waals surface area contributed by atoms with Gasteiger partial charge in [0.15, 0.2) is 9.84 Å². The fourth-order valence-corrected chi connectivity index (χ4v) is 8.01. The Morgan fingerprint density at radius 1 is 0.714 bits per heavy atom. The quantitative estimate of drug-likeness (QED) is 0.649. The topological polar surface area (TPSA) is 54.4 Å².